The van der Waals surface area contributed by atoms with Crippen LogP contribution in [-0.2, 0) is 22.3 Å². The van der Waals surface area contributed by atoms with E-state index in [1.165, 1.54) is 6.07 Å². The van der Waals surface area contributed by atoms with E-state index in [1.54, 1.807) is 41.3 Å². The molecular formula is C23H22ClFN2O3S. The SMILES string of the molecule is O=C(c1ccc(C[S@](=O)Cc2ccccc2Cl)o1)N1CCN(c2ccccc2F)CC1. The molecular weight excluding hydrogens is 439 g/mol. The molecule has 0 N–H and O–H groups in total. The molecule has 5 nitrogen and oxygen atoms in total. The zero-order valence-electron chi connectivity index (χ0n) is 16.8. The van der Waals surface area contributed by atoms with E-state index in [2.05, 4.69) is 0 Å². The van der Waals surface area contributed by atoms with E-state index in [1.807, 2.05) is 23.1 Å². The largest absolute Gasteiger partial charge is 0.455 e. The van der Waals surface area contributed by atoms with Crippen molar-refractivity contribution in [2.75, 3.05) is 31.1 Å². The fourth-order valence-corrected chi connectivity index (χ4v) is 5.04. The molecule has 1 amide bonds. The predicted molar refractivity (Wildman–Crippen MR) is 120 cm³/mol. The number of piperazine rings is 1. The van der Waals surface area contributed by atoms with Crippen LogP contribution < -0.4 is 4.90 Å². The third kappa shape index (κ3) is 5.17. The fraction of sp³-hybridized carbons (Fsp3) is 0.261. The van der Waals surface area contributed by atoms with E-state index >= 15 is 0 Å². The summed E-state index contributed by atoms with van der Waals surface area (Å²) in [7, 11) is -1.21. The molecule has 2 heterocycles. The van der Waals surface area contributed by atoms with Crippen molar-refractivity contribution in [2.45, 2.75) is 11.5 Å². The number of benzene rings is 2. The van der Waals surface area contributed by atoms with Crippen molar-refractivity contribution in [1.82, 2.24) is 4.90 Å². The van der Waals surface area contributed by atoms with Crippen LogP contribution in [0.3, 0.4) is 0 Å². The van der Waals surface area contributed by atoms with Crippen molar-refractivity contribution in [1.29, 1.82) is 0 Å². The van der Waals surface area contributed by atoms with E-state index in [-0.39, 0.29) is 23.2 Å². The van der Waals surface area contributed by atoms with Crippen LogP contribution in [0.5, 0.6) is 0 Å². The van der Waals surface area contributed by atoms with E-state index in [0.29, 0.717) is 48.4 Å². The highest BCUT2D eigenvalue weighted by atomic mass is 35.5. The lowest BCUT2D eigenvalue weighted by Gasteiger charge is -2.35. The topological polar surface area (TPSA) is 53.8 Å². The third-order valence-electron chi connectivity index (χ3n) is 5.21. The van der Waals surface area contributed by atoms with Gasteiger partial charge < -0.3 is 14.2 Å². The lowest BCUT2D eigenvalue weighted by molar-refractivity contribution is 0.0713. The van der Waals surface area contributed by atoms with Crippen LogP contribution >= 0.6 is 11.6 Å². The summed E-state index contributed by atoms with van der Waals surface area (Å²) >= 11 is 6.13. The smallest absolute Gasteiger partial charge is 0.289 e. The molecule has 1 aliphatic rings. The molecule has 1 aromatic heterocycles. The Balaban J connectivity index is 1.33. The van der Waals surface area contributed by atoms with Gasteiger partial charge in [-0.3, -0.25) is 9.00 Å². The van der Waals surface area contributed by atoms with E-state index in [0.717, 1.165) is 5.56 Å². The summed E-state index contributed by atoms with van der Waals surface area (Å²) in [4.78, 5) is 16.4. The number of rotatable bonds is 6. The fourth-order valence-electron chi connectivity index (χ4n) is 3.58. The van der Waals surface area contributed by atoms with Crippen molar-refractivity contribution in [3.63, 3.8) is 0 Å². The van der Waals surface area contributed by atoms with Crippen molar-refractivity contribution in [3.8, 4) is 0 Å². The summed E-state index contributed by atoms with van der Waals surface area (Å²) in [6.07, 6.45) is 0. The molecule has 1 aliphatic heterocycles. The normalized spacial score (nSPS) is 15.2. The molecule has 31 heavy (non-hydrogen) atoms. The summed E-state index contributed by atoms with van der Waals surface area (Å²) < 4.78 is 32.1. The van der Waals surface area contributed by atoms with Gasteiger partial charge in [0.2, 0.25) is 0 Å². The molecule has 0 spiro atoms. The van der Waals surface area contributed by atoms with Crippen LogP contribution in [0.25, 0.3) is 0 Å². The first-order chi connectivity index (χ1) is 15.0. The summed E-state index contributed by atoms with van der Waals surface area (Å²) in [5.41, 5.74) is 1.37. The average molecular weight is 461 g/mol. The molecule has 162 valence electrons. The molecule has 0 saturated carbocycles. The van der Waals surface area contributed by atoms with Gasteiger partial charge >= 0.3 is 0 Å². The number of anilines is 1. The van der Waals surface area contributed by atoms with Gasteiger partial charge in [-0.2, -0.15) is 0 Å². The standard InChI is InChI=1S/C23H22ClFN2O3S/c24-19-6-2-1-5-17(19)15-31(29)16-18-9-10-22(30-18)23(28)27-13-11-26(12-14-27)21-8-4-3-7-20(21)25/h1-10H,11-16H2/t31-/m1/s1. The second-order valence-electron chi connectivity index (χ2n) is 7.32. The minimum atomic E-state index is -1.21. The first-order valence-electron chi connectivity index (χ1n) is 9.97. The Bertz CT molecular complexity index is 1100. The van der Waals surface area contributed by atoms with Crippen LogP contribution in [0.1, 0.15) is 21.9 Å². The van der Waals surface area contributed by atoms with Gasteiger partial charge in [0.05, 0.1) is 17.2 Å². The third-order valence-corrected chi connectivity index (χ3v) is 6.82. The second kappa shape index (κ2) is 9.66. The molecule has 0 aliphatic carbocycles. The van der Waals surface area contributed by atoms with Gasteiger partial charge in [0.25, 0.3) is 5.91 Å². The molecule has 0 radical (unpaired) electrons. The first kappa shape index (κ1) is 21.6. The predicted octanol–water partition coefficient (Wildman–Crippen LogP) is 4.48. The second-order valence-corrected chi connectivity index (χ2v) is 9.18. The van der Waals surface area contributed by atoms with Gasteiger partial charge in [-0.25, -0.2) is 4.39 Å². The zero-order chi connectivity index (χ0) is 21.8. The maximum atomic E-state index is 14.0. The van der Waals surface area contributed by atoms with Gasteiger partial charge in [-0.05, 0) is 35.9 Å². The quantitative estimate of drug-likeness (QED) is 0.544. The lowest BCUT2D eigenvalue weighted by Crippen LogP contribution is -2.49. The first-order valence-corrected chi connectivity index (χ1v) is 11.8. The van der Waals surface area contributed by atoms with Crippen molar-refractivity contribution in [2.24, 2.45) is 0 Å². The molecule has 2 aromatic carbocycles. The average Bonchev–Trinajstić information content (AvgIpc) is 3.24. The van der Waals surface area contributed by atoms with Crippen LogP contribution in [0.4, 0.5) is 10.1 Å². The van der Waals surface area contributed by atoms with Crippen LogP contribution in [0.15, 0.2) is 65.1 Å². The monoisotopic (exact) mass is 460 g/mol. The van der Waals surface area contributed by atoms with Crippen LogP contribution in [-0.4, -0.2) is 41.2 Å². The minimum absolute atomic E-state index is 0.208. The molecule has 3 aromatic rings. The minimum Gasteiger partial charge on any atom is -0.455 e. The summed E-state index contributed by atoms with van der Waals surface area (Å²) in [5, 5.41) is 0.584. The Labute approximate surface area is 187 Å². The van der Waals surface area contributed by atoms with Crippen molar-refractivity contribution in [3.05, 3.63) is 88.6 Å². The zero-order valence-corrected chi connectivity index (χ0v) is 18.4. The van der Waals surface area contributed by atoms with Crippen LogP contribution in [0, 0.1) is 5.82 Å². The van der Waals surface area contributed by atoms with Gasteiger partial charge in [0.1, 0.15) is 11.6 Å². The molecule has 8 heteroatoms. The maximum Gasteiger partial charge on any atom is 0.289 e. The van der Waals surface area contributed by atoms with Crippen LogP contribution in [0.2, 0.25) is 5.02 Å². The Morgan fingerprint density at radius 3 is 2.42 bits per heavy atom. The Hall–Kier alpha value is -2.64. The van der Waals surface area contributed by atoms with Crippen molar-refractivity contribution >= 4 is 34.0 Å². The highest BCUT2D eigenvalue weighted by molar-refractivity contribution is 7.83. The summed E-state index contributed by atoms with van der Waals surface area (Å²) in [6, 6.07) is 17.2. The maximum absolute atomic E-state index is 14.0. The number of halogens is 2. The molecule has 0 unspecified atom stereocenters. The van der Waals surface area contributed by atoms with Gasteiger partial charge in [0, 0.05) is 42.0 Å². The number of hydrogen-bond donors (Lipinski definition) is 0. The number of carbonyl (C=O) groups is 1. The number of para-hydroxylation sites is 1. The summed E-state index contributed by atoms with van der Waals surface area (Å²) in [6.45, 7) is 2.04. The van der Waals surface area contributed by atoms with E-state index in [4.69, 9.17) is 16.0 Å². The van der Waals surface area contributed by atoms with Crippen molar-refractivity contribution < 1.29 is 17.8 Å². The Kier molecular flexibility index (Phi) is 6.73. The molecule has 4 rings (SSSR count). The number of amides is 1. The molecule has 1 fully saturated rings. The number of carbonyl (C=O) groups excluding carboxylic acids is 1. The summed E-state index contributed by atoms with van der Waals surface area (Å²) in [5.74, 6) is 0.781. The molecule has 1 saturated heterocycles. The van der Waals surface area contributed by atoms with Gasteiger partial charge in [-0.1, -0.05) is 41.9 Å². The number of nitrogens with zero attached hydrogens (tertiary/aromatic N) is 2. The van der Waals surface area contributed by atoms with Gasteiger partial charge in [0.15, 0.2) is 5.76 Å². The Morgan fingerprint density at radius 2 is 1.68 bits per heavy atom. The lowest BCUT2D eigenvalue weighted by atomic mass is 10.2. The highest BCUT2D eigenvalue weighted by Gasteiger charge is 2.25. The Morgan fingerprint density at radius 1 is 0.968 bits per heavy atom. The van der Waals surface area contributed by atoms with Gasteiger partial charge in [-0.15, -0.1) is 0 Å². The van der Waals surface area contributed by atoms with E-state index < -0.39 is 10.8 Å². The highest BCUT2D eigenvalue weighted by Crippen LogP contribution is 2.22. The van der Waals surface area contributed by atoms with E-state index in [9.17, 15) is 13.4 Å². The number of hydrogen-bond acceptors (Lipinski definition) is 4. The molecule has 0 bridgehead atoms. The molecule has 1 atom stereocenters. The number of furan rings is 1.